The lowest BCUT2D eigenvalue weighted by atomic mass is 10.2. The third-order valence-corrected chi connectivity index (χ3v) is 2.37. The van der Waals surface area contributed by atoms with Crippen LogP contribution in [-0.4, -0.2) is 14.5 Å². The van der Waals surface area contributed by atoms with Crippen molar-refractivity contribution >= 4 is 0 Å². The smallest absolute Gasteiger partial charge is 0.131 e. The molecule has 0 spiro atoms. The van der Waals surface area contributed by atoms with E-state index < -0.39 is 0 Å². The lowest BCUT2D eigenvalue weighted by Crippen LogP contribution is -2.18. The van der Waals surface area contributed by atoms with Crippen LogP contribution in [0.2, 0.25) is 0 Å². The van der Waals surface area contributed by atoms with Crippen molar-refractivity contribution in [2.45, 2.75) is 19.5 Å². The molecule has 0 saturated heterocycles. The molecule has 2 rings (SSSR count). The third kappa shape index (κ3) is 1.89. The van der Waals surface area contributed by atoms with Crippen LogP contribution in [0.1, 0.15) is 24.5 Å². The summed E-state index contributed by atoms with van der Waals surface area (Å²) in [5.41, 5.74) is 6.94. The van der Waals surface area contributed by atoms with Crippen LogP contribution >= 0.6 is 0 Å². The van der Waals surface area contributed by atoms with E-state index in [1.54, 1.807) is 12.4 Å². The van der Waals surface area contributed by atoms with Crippen LogP contribution in [0.25, 0.3) is 0 Å². The lowest BCUT2D eigenvalue weighted by molar-refractivity contribution is 0.647. The zero-order chi connectivity index (χ0) is 10.7. The summed E-state index contributed by atoms with van der Waals surface area (Å²) in [4.78, 5) is 8.49. The molecule has 0 aliphatic rings. The van der Waals surface area contributed by atoms with Crippen LogP contribution in [0.3, 0.4) is 0 Å². The molecule has 2 aromatic rings. The molecule has 2 N–H and O–H groups in total. The van der Waals surface area contributed by atoms with Gasteiger partial charge in [-0.25, -0.2) is 4.98 Å². The van der Waals surface area contributed by atoms with Gasteiger partial charge in [0, 0.05) is 25.1 Å². The average molecular weight is 202 g/mol. The molecular formula is C11H14N4. The Morgan fingerprint density at radius 3 is 2.87 bits per heavy atom. The van der Waals surface area contributed by atoms with Crippen molar-refractivity contribution in [3.8, 4) is 0 Å². The molecule has 0 aliphatic heterocycles. The molecule has 0 fully saturated rings. The molecule has 15 heavy (non-hydrogen) atoms. The van der Waals surface area contributed by atoms with Crippen molar-refractivity contribution in [1.82, 2.24) is 14.5 Å². The normalized spacial score (nSPS) is 12.7. The van der Waals surface area contributed by atoms with Crippen molar-refractivity contribution in [2.75, 3.05) is 0 Å². The van der Waals surface area contributed by atoms with Crippen molar-refractivity contribution in [1.29, 1.82) is 0 Å². The third-order valence-electron chi connectivity index (χ3n) is 2.37. The van der Waals surface area contributed by atoms with Crippen molar-refractivity contribution in [3.63, 3.8) is 0 Å². The Balaban J connectivity index is 2.32. The van der Waals surface area contributed by atoms with Crippen LogP contribution < -0.4 is 5.73 Å². The summed E-state index contributed by atoms with van der Waals surface area (Å²) in [6.45, 7) is 2.94. The fourth-order valence-electron chi connectivity index (χ4n) is 1.56. The minimum atomic E-state index is -0.249. The van der Waals surface area contributed by atoms with Gasteiger partial charge in [0.05, 0.1) is 5.69 Å². The summed E-state index contributed by atoms with van der Waals surface area (Å²) in [5, 5.41) is 0. The van der Waals surface area contributed by atoms with E-state index in [-0.39, 0.29) is 6.04 Å². The zero-order valence-corrected chi connectivity index (χ0v) is 8.67. The summed E-state index contributed by atoms with van der Waals surface area (Å²) in [6.07, 6.45) is 5.44. The molecule has 1 atom stereocenters. The highest BCUT2D eigenvalue weighted by Gasteiger charge is 2.14. The minimum Gasteiger partial charge on any atom is -0.334 e. The molecule has 2 aromatic heterocycles. The maximum atomic E-state index is 6.09. The molecule has 78 valence electrons. The maximum absolute atomic E-state index is 6.09. The number of aryl methyl sites for hydroxylation is 1. The van der Waals surface area contributed by atoms with Gasteiger partial charge in [-0.15, -0.1) is 0 Å². The number of imidazole rings is 1. The van der Waals surface area contributed by atoms with Gasteiger partial charge >= 0.3 is 0 Å². The molecule has 4 nitrogen and oxygen atoms in total. The van der Waals surface area contributed by atoms with Crippen LogP contribution in [-0.2, 0) is 6.54 Å². The Morgan fingerprint density at radius 1 is 1.33 bits per heavy atom. The van der Waals surface area contributed by atoms with Gasteiger partial charge in [-0.05, 0) is 19.1 Å². The summed E-state index contributed by atoms with van der Waals surface area (Å²) in [5.74, 6) is 0.858. The molecule has 0 saturated carbocycles. The summed E-state index contributed by atoms with van der Waals surface area (Å²) in [6, 6.07) is 5.48. The van der Waals surface area contributed by atoms with Gasteiger partial charge in [0.2, 0.25) is 0 Å². The molecule has 0 bridgehead atoms. The van der Waals surface area contributed by atoms with Crippen LogP contribution in [0, 0.1) is 0 Å². The van der Waals surface area contributed by atoms with Crippen molar-refractivity contribution in [2.24, 2.45) is 5.73 Å². The van der Waals surface area contributed by atoms with Gasteiger partial charge in [0.25, 0.3) is 0 Å². The van der Waals surface area contributed by atoms with E-state index >= 15 is 0 Å². The number of rotatable bonds is 3. The van der Waals surface area contributed by atoms with Crippen LogP contribution in [0.4, 0.5) is 0 Å². The SMILES string of the molecule is CCn1ccnc1C(N)c1ccccn1. The van der Waals surface area contributed by atoms with E-state index in [4.69, 9.17) is 5.73 Å². The first-order valence-corrected chi connectivity index (χ1v) is 5.00. The van der Waals surface area contributed by atoms with Gasteiger partial charge < -0.3 is 10.3 Å². The molecule has 2 heterocycles. The molecule has 0 aromatic carbocycles. The van der Waals surface area contributed by atoms with E-state index in [2.05, 4.69) is 16.9 Å². The number of aromatic nitrogens is 3. The maximum Gasteiger partial charge on any atom is 0.131 e. The van der Waals surface area contributed by atoms with Crippen LogP contribution in [0.15, 0.2) is 36.8 Å². The van der Waals surface area contributed by atoms with Gasteiger partial charge in [-0.3, -0.25) is 4.98 Å². The highest BCUT2D eigenvalue weighted by molar-refractivity contribution is 5.17. The second-order valence-corrected chi connectivity index (χ2v) is 3.30. The molecule has 4 heteroatoms. The van der Waals surface area contributed by atoms with E-state index in [9.17, 15) is 0 Å². The summed E-state index contributed by atoms with van der Waals surface area (Å²) in [7, 11) is 0. The number of hydrogen-bond donors (Lipinski definition) is 1. The fraction of sp³-hybridized carbons (Fsp3) is 0.273. The molecule has 0 amide bonds. The highest BCUT2D eigenvalue weighted by Crippen LogP contribution is 2.15. The zero-order valence-electron chi connectivity index (χ0n) is 8.67. The van der Waals surface area contributed by atoms with E-state index in [1.807, 2.05) is 29.0 Å². The van der Waals surface area contributed by atoms with E-state index in [1.165, 1.54) is 0 Å². The average Bonchev–Trinajstić information content (AvgIpc) is 2.77. The van der Waals surface area contributed by atoms with Crippen molar-refractivity contribution in [3.05, 3.63) is 48.3 Å². The number of hydrogen-bond acceptors (Lipinski definition) is 3. The Bertz CT molecular complexity index is 421. The number of nitrogens with two attached hydrogens (primary N) is 1. The van der Waals surface area contributed by atoms with Gasteiger partial charge in [-0.1, -0.05) is 6.07 Å². The van der Waals surface area contributed by atoms with Gasteiger partial charge in [0.15, 0.2) is 0 Å². The number of pyridine rings is 1. The molecule has 0 radical (unpaired) electrons. The lowest BCUT2D eigenvalue weighted by Gasteiger charge is -2.11. The second-order valence-electron chi connectivity index (χ2n) is 3.30. The van der Waals surface area contributed by atoms with E-state index in [0.717, 1.165) is 18.1 Å². The fourth-order valence-corrected chi connectivity index (χ4v) is 1.56. The van der Waals surface area contributed by atoms with Gasteiger partial charge in [-0.2, -0.15) is 0 Å². The first-order valence-electron chi connectivity index (χ1n) is 5.00. The Labute approximate surface area is 88.8 Å². The van der Waals surface area contributed by atoms with Crippen molar-refractivity contribution < 1.29 is 0 Å². The van der Waals surface area contributed by atoms with E-state index in [0.29, 0.717) is 0 Å². The topological polar surface area (TPSA) is 56.7 Å². The number of nitrogens with zero attached hydrogens (tertiary/aromatic N) is 3. The highest BCUT2D eigenvalue weighted by atomic mass is 15.1. The quantitative estimate of drug-likeness (QED) is 0.817. The Kier molecular flexibility index (Phi) is 2.78. The predicted octanol–water partition coefficient (Wildman–Crippen LogP) is 1.35. The largest absolute Gasteiger partial charge is 0.334 e. The standard InChI is InChI=1S/C11H14N4/c1-2-15-8-7-14-11(15)10(12)9-5-3-4-6-13-9/h3-8,10H,2,12H2,1H3. The Hall–Kier alpha value is -1.68. The molecule has 0 aliphatic carbocycles. The van der Waals surface area contributed by atoms with Crippen LogP contribution in [0.5, 0.6) is 0 Å². The second kappa shape index (κ2) is 4.23. The Morgan fingerprint density at radius 2 is 2.20 bits per heavy atom. The van der Waals surface area contributed by atoms with Gasteiger partial charge in [0.1, 0.15) is 11.9 Å². The molecule has 1 unspecified atom stereocenters. The summed E-state index contributed by atoms with van der Waals surface area (Å²) < 4.78 is 2.03. The first kappa shape index (κ1) is 9.86. The predicted molar refractivity (Wildman–Crippen MR) is 58.2 cm³/mol. The first-order chi connectivity index (χ1) is 7.33. The monoisotopic (exact) mass is 202 g/mol. The summed E-state index contributed by atoms with van der Waals surface area (Å²) >= 11 is 0. The molecular weight excluding hydrogens is 188 g/mol. The minimum absolute atomic E-state index is 0.249.